The van der Waals surface area contributed by atoms with E-state index in [9.17, 15) is 13.2 Å². The molecule has 0 saturated heterocycles. The van der Waals surface area contributed by atoms with Gasteiger partial charge in [-0.25, -0.2) is 4.72 Å². The highest BCUT2D eigenvalue weighted by molar-refractivity contribution is 7.88. The van der Waals surface area contributed by atoms with Crippen molar-refractivity contribution in [3.8, 4) is 11.6 Å². The molecule has 184 valence electrons. The van der Waals surface area contributed by atoms with Gasteiger partial charge in [0.25, 0.3) is 5.91 Å². The fourth-order valence-electron chi connectivity index (χ4n) is 3.51. The molecule has 2 aromatic heterocycles. The van der Waals surface area contributed by atoms with Crippen molar-refractivity contribution in [2.75, 3.05) is 26.9 Å². The largest absolute Gasteiger partial charge is 0.491 e. The Kier molecular flexibility index (Phi) is 8.48. The molecule has 2 heterocycles. The van der Waals surface area contributed by atoms with E-state index in [2.05, 4.69) is 9.82 Å². The van der Waals surface area contributed by atoms with Crippen LogP contribution in [0.15, 0.2) is 36.5 Å². The number of ether oxygens (including phenoxy) is 2. The maximum Gasteiger partial charge on any atom is 0.301 e. The van der Waals surface area contributed by atoms with E-state index in [0.717, 1.165) is 23.1 Å². The molecule has 0 spiro atoms. The summed E-state index contributed by atoms with van der Waals surface area (Å²) < 4.78 is 42.8. The van der Waals surface area contributed by atoms with Gasteiger partial charge in [0.15, 0.2) is 0 Å². The molecule has 0 aliphatic heterocycles. The van der Waals surface area contributed by atoms with Crippen LogP contribution >= 0.6 is 0 Å². The van der Waals surface area contributed by atoms with Gasteiger partial charge < -0.3 is 14.0 Å². The Balaban J connectivity index is 1.87. The van der Waals surface area contributed by atoms with E-state index < -0.39 is 16.1 Å². The summed E-state index contributed by atoms with van der Waals surface area (Å²) in [6.45, 7) is 4.97. The van der Waals surface area contributed by atoms with E-state index in [4.69, 9.17) is 9.47 Å². The van der Waals surface area contributed by atoms with Crippen molar-refractivity contribution in [3.63, 3.8) is 0 Å². The van der Waals surface area contributed by atoms with Crippen LogP contribution < -0.4 is 14.2 Å². The number of carbonyl (C=O) groups excluding carboxylic acids is 1. The molecule has 10 nitrogen and oxygen atoms in total. The first-order valence-electron chi connectivity index (χ1n) is 11.0. The Morgan fingerprint density at radius 2 is 2.03 bits per heavy atom. The molecule has 0 atom stereocenters. The molecule has 0 fully saturated rings. The van der Waals surface area contributed by atoms with Gasteiger partial charge in [-0.1, -0.05) is 13.3 Å². The molecule has 1 amide bonds. The van der Waals surface area contributed by atoms with Gasteiger partial charge in [-0.15, -0.1) is 0 Å². The molecular formula is C23H31N5O5S. The van der Waals surface area contributed by atoms with E-state index in [1.54, 1.807) is 17.9 Å². The number of aryl methyl sites for hydroxylation is 2. The normalized spacial score (nSPS) is 12.0. The fraction of sp³-hybridized carbons (Fsp3) is 0.391. The van der Waals surface area contributed by atoms with Crippen LogP contribution in [0.3, 0.4) is 0 Å². The van der Waals surface area contributed by atoms with Crippen molar-refractivity contribution >= 4 is 33.1 Å². The third-order valence-corrected chi connectivity index (χ3v) is 6.20. The number of hydrogen-bond donors (Lipinski definition) is 2. The third kappa shape index (κ3) is 6.25. The third-order valence-electron chi connectivity index (χ3n) is 5.14. The number of rotatable bonds is 12. The van der Waals surface area contributed by atoms with Crippen LogP contribution in [0.2, 0.25) is 0 Å². The van der Waals surface area contributed by atoms with Crippen LogP contribution in [-0.2, 0) is 26.8 Å². The monoisotopic (exact) mass is 489 g/mol. The van der Waals surface area contributed by atoms with Crippen molar-refractivity contribution in [1.82, 2.24) is 23.8 Å². The zero-order chi connectivity index (χ0) is 24.7. The fourth-order valence-corrected chi connectivity index (χ4v) is 4.33. The van der Waals surface area contributed by atoms with E-state index in [1.807, 2.05) is 60.6 Å². The first kappa shape index (κ1) is 25.5. The molecule has 0 aliphatic carbocycles. The van der Waals surface area contributed by atoms with Gasteiger partial charge in [-0.2, -0.15) is 18.2 Å². The smallest absolute Gasteiger partial charge is 0.301 e. The van der Waals surface area contributed by atoms with Crippen molar-refractivity contribution in [2.45, 2.75) is 26.7 Å². The Bertz CT molecular complexity index is 1280. The Morgan fingerprint density at radius 1 is 1.24 bits per heavy atom. The molecular weight excluding hydrogens is 458 g/mol. The second-order valence-electron chi connectivity index (χ2n) is 7.74. The summed E-state index contributed by atoms with van der Waals surface area (Å²) in [5, 5.41) is 5.50. The lowest BCUT2D eigenvalue weighted by atomic mass is 10.2. The number of unbranched alkanes of at least 4 members (excludes halogenated alkanes) is 1. The van der Waals surface area contributed by atoms with E-state index in [1.165, 1.54) is 6.08 Å². The highest BCUT2D eigenvalue weighted by Crippen LogP contribution is 2.28. The van der Waals surface area contributed by atoms with Gasteiger partial charge in [0, 0.05) is 50.0 Å². The minimum atomic E-state index is -3.91. The maximum absolute atomic E-state index is 12.3. The van der Waals surface area contributed by atoms with Crippen LogP contribution in [0.5, 0.6) is 5.75 Å². The van der Waals surface area contributed by atoms with Crippen LogP contribution in [0, 0.1) is 6.92 Å². The van der Waals surface area contributed by atoms with E-state index in [-0.39, 0.29) is 6.54 Å². The Hall–Kier alpha value is -3.15. The highest BCUT2D eigenvalue weighted by Gasteiger charge is 2.17. The Morgan fingerprint density at radius 3 is 2.76 bits per heavy atom. The summed E-state index contributed by atoms with van der Waals surface area (Å²) in [6.07, 6.45) is 6.21. The van der Waals surface area contributed by atoms with Gasteiger partial charge >= 0.3 is 10.2 Å². The number of benzene rings is 1. The summed E-state index contributed by atoms with van der Waals surface area (Å²) in [4.78, 5) is 12.3. The molecule has 3 aromatic rings. The summed E-state index contributed by atoms with van der Waals surface area (Å²) in [6, 6.07) is 7.78. The summed E-state index contributed by atoms with van der Waals surface area (Å²) in [5.41, 5.74) is 2.29. The predicted octanol–water partition coefficient (Wildman–Crippen LogP) is 2.46. The molecule has 0 unspecified atom stereocenters. The average molecular weight is 490 g/mol. The number of carbonyl (C=O) groups is 1. The number of methoxy groups -OCH3 is 1. The van der Waals surface area contributed by atoms with Crippen molar-refractivity contribution in [1.29, 1.82) is 0 Å². The molecule has 11 heteroatoms. The second-order valence-corrected chi connectivity index (χ2v) is 9.24. The van der Waals surface area contributed by atoms with Crippen molar-refractivity contribution in [3.05, 3.63) is 47.8 Å². The zero-order valence-corrected chi connectivity index (χ0v) is 20.7. The number of fused-ring (bicyclic) bond motifs is 1. The van der Waals surface area contributed by atoms with Crippen LogP contribution in [0.4, 0.5) is 0 Å². The minimum absolute atomic E-state index is 0.270. The number of aromatic nitrogens is 3. The molecule has 1 aromatic carbocycles. The van der Waals surface area contributed by atoms with Crippen LogP contribution in [-0.4, -0.2) is 55.5 Å². The number of amides is 1. The predicted molar refractivity (Wildman–Crippen MR) is 131 cm³/mol. The summed E-state index contributed by atoms with van der Waals surface area (Å²) in [7, 11) is -0.475. The molecule has 34 heavy (non-hydrogen) atoms. The first-order chi connectivity index (χ1) is 16.3. The molecule has 0 saturated carbocycles. The van der Waals surface area contributed by atoms with Crippen LogP contribution in [0.1, 0.15) is 31.0 Å². The quantitative estimate of drug-likeness (QED) is 0.298. The van der Waals surface area contributed by atoms with E-state index >= 15 is 0 Å². The average Bonchev–Trinajstić information content (AvgIpc) is 3.31. The second kappa shape index (κ2) is 11.3. The minimum Gasteiger partial charge on any atom is -0.491 e. The topological polar surface area (TPSA) is 116 Å². The zero-order valence-electron chi connectivity index (χ0n) is 19.9. The molecule has 0 aliphatic rings. The van der Waals surface area contributed by atoms with Gasteiger partial charge in [-0.05, 0) is 37.6 Å². The Labute approximate surface area is 199 Å². The highest BCUT2D eigenvalue weighted by atomic mass is 32.2. The summed E-state index contributed by atoms with van der Waals surface area (Å²) >= 11 is 0. The maximum atomic E-state index is 12.3. The molecule has 0 bridgehead atoms. The van der Waals surface area contributed by atoms with Gasteiger partial charge in [0.1, 0.15) is 18.2 Å². The van der Waals surface area contributed by atoms with Gasteiger partial charge in [0.05, 0.1) is 17.8 Å². The number of nitrogens with zero attached hydrogens (tertiary/aromatic N) is 3. The van der Waals surface area contributed by atoms with Crippen molar-refractivity contribution in [2.24, 2.45) is 7.05 Å². The lowest BCUT2D eigenvalue weighted by molar-refractivity contribution is -0.114. The van der Waals surface area contributed by atoms with Crippen molar-refractivity contribution < 1.29 is 22.7 Å². The summed E-state index contributed by atoms with van der Waals surface area (Å²) in [5.74, 6) is 0.694. The molecule has 2 N–H and O–H groups in total. The van der Waals surface area contributed by atoms with Gasteiger partial charge in [-0.3, -0.25) is 9.48 Å². The molecule has 3 rings (SSSR count). The standard InChI is InChI=1S/C23H31N5O5S/c1-5-6-12-24-34(30,31)26-22(29)10-9-20-17(2)25-27(3)23(20)28-13-11-18-7-8-19(16-21(18)28)33-15-14-32-4/h7-11,13,16,24H,5-6,12,14-15H2,1-4H3,(H,26,29)/b10-9+. The number of hydrogen-bond acceptors (Lipinski definition) is 6. The lowest BCUT2D eigenvalue weighted by Crippen LogP contribution is -2.39. The van der Waals surface area contributed by atoms with Gasteiger partial charge in [0.2, 0.25) is 0 Å². The van der Waals surface area contributed by atoms with E-state index in [0.29, 0.717) is 36.6 Å². The van der Waals surface area contributed by atoms with Crippen LogP contribution in [0.25, 0.3) is 22.8 Å². The first-order valence-corrected chi connectivity index (χ1v) is 12.5. The molecule has 0 radical (unpaired) electrons. The number of nitrogens with one attached hydrogen (secondary N) is 2. The lowest BCUT2D eigenvalue weighted by Gasteiger charge is -2.10. The SMILES string of the molecule is CCCCNS(=O)(=O)NC(=O)/C=C/c1c(C)nn(C)c1-n1ccc2ccc(OCCOC)cc21.